The SMILES string of the molecule is CCc1ccc(OCC(C)(C#N)NC(C)C)cc1. The third-order valence-electron chi connectivity index (χ3n) is 2.71. The fourth-order valence-electron chi connectivity index (χ4n) is 1.79. The van der Waals surface area contributed by atoms with E-state index in [1.54, 1.807) is 0 Å². The number of rotatable bonds is 6. The zero-order valence-corrected chi connectivity index (χ0v) is 11.7. The monoisotopic (exact) mass is 246 g/mol. The Kier molecular flexibility index (Phi) is 5.18. The standard InChI is InChI=1S/C15H22N2O/c1-5-13-6-8-14(9-7-13)18-11-15(4,10-16)17-12(2)3/h6-9,12,17H,5,11H2,1-4H3. The average Bonchev–Trinajstić information content (AvgIpc) is 2.36. The lowest BCUT2D eigenvalue weighted by Gasteiger charge is -2.25. The molecule has 98 valence electrons. The molecule has 0 heterocycles. The quantitative estimate of drug-likeness (QED) is 0.839. The second-order valence-electron chi connectivity index (χ2n) is 5.03. The number of aryl methyl sites for hydroxylation is 1. The lowest BCUT2D eigenvalue weighted by Crippen LogP contribution is -2.49. The van der Waals surface area contributed by atoms with Crippen molar-refractivity contribution in [1.29, 1.82) is 5.26 Å². The smallest absolute Gasteiger partial charge is 0.138 e. The van der Waals surface area contributed by atoms with Crippen molar-refractivity contribution in [2.24, 2.45) is 0 Å². The maximum Gasteiger partial charge on any atom is 0.138 e. The molecule has 0 fully saturated rings. The van der Waals surface area contributed by atoms with Crippen molar-refractivity contribution in [2.45, 2.75) is 45.7 Å². The molecule has 0 bridgehead atoms. The maximum absolute atomic E-state index is 9.20. The van der Waals surface area contributed by atoms with E-state index in [2.05, 4.69) is 30.4 Å². The number of nitriles is 1. The molecule has 3 heteroatoms. The predicted octanol–water partition coefficient (Wildman–Crippen LogP) is 2.91. The number of nitrogens with zero attached hydrogens (tertiary/aromatic N) is 1. The van der Waals surface area contributed by atoms with E-state index in [0.29, 0.717) is 6.61 Å². The van der Waals surface area contributed by atoms with Crippen molar-refractivity contribution in [3.63, 3.8) is 0 Å². The summed E-state index contributed by atoms with van der Waals surface area (Å²) in [6, 6.07) is 10.5. The Morgan fingerprint density at radius 2 is 1.94 bits per heavy atom. The molecule has 1 rings (SSSR count). The molecule has 3 nitrogen and oxygen atoms in total. The van der Waals surface area contributed by atoms with Crippen LogP contribution in [-0.2, 0) is 6.42 Å². The first-order chi connectivity index (χ1) is 8.49. The Morgan fingerprint density at radius 3 is 2.39 bits per heavy atom. The summed E-state index contributed by atoms with van der Waals surface area (Å²) in [5.74, 6) is 0.805. The van der Waals surface area contributed by atoms with Gasteiger partial charge in [-0.15, -0.1) is 0 Å². The molecule has 1 atom stereocenters. The summed E-state index contributed by atoms with van der Waals surface area (Å²) >= 11 is 0. The van der Waals surface area contributed by atoms with E-state index in [9.17, 15) is 5.26 Å². The number of benzene rings is 1. The molecule has 1 aromatic carbocycles. The van der Waals surface area contributed by atoms with Gasteiger partial charge in [0.2, 0.25) is 0 Å². The first-order valence-electron chi connectivity index (χ1n) is 6.40. The number of hydrogen-bond donors (Lipinski definition) is 1. The van der Waals surface area contributed by atoms with E-state index in [1.807, 2.05) is 32.9 Å². The van der Waals surface area contributed by atoms with Crippen LogP contribution in [0.4, 0.5) is 0 Å². The van der Waals surface area contributed by atoms with Crippen LogP contribution in [-0.4, -0.2) is 18.2 Å². The molecule has 0 saturated carbocycles. The summed E-state index contributed by atoms with van der Waals surface area (Å²) in [5, 5.41) is 12.4. The second-order valence-corrected chi connectivity index (χ2v) is 5.03. The molecule has 0 spiro atoms. The van der Waals surface area contributed by atoms with Crippen LogP contribution >= 0.6 is 0 Å². The Balaban J connectivity index is 2.59. The molecule has 0 aliphatic rings. The summed E-state index contributed by atoms with van der Waals surface area (Å²) in [5.41, 5.74) is 0.628. The van der Waals surface area contributed by atoms with E-state index in [1.165, 1.54) is 5.56 Å². The zero-order chi connectivity index (χ0) is 13.6. The van der Waals surface area contributed by atoms with Crippen LogP contribution in [0.1, 0.15) is 33.3 Å². The number of ether oxygens (including phenoxy) is 1. The normalized spacial score (nSPS) is 14.0. The molecule has 1 N–H and O–H groups in total. The van der Waals surface area contributed by atoms with Gasteiger partial charge in [-0.1, -0.05) is 19.1 Å². The highest BCUT2D eigenvalue weighted by Crippen LogP contribution is 2.15. The van der Waals surface area contributed by atoms with Gasteiger partial charge in [0.05, 0.1) is 6.07 Å². The fourth-order valence-corrected chi connectivity index (χ4v) is 1.79. The Morgan fingerprint density at radius 1 is 1.33 bits per heavy atom. The number of hydrogen-bond acceptors (Lipinski definition) is 3. The second kappa shape index (κ2) is 6.42. The zero-order valence-electron chi connectivity index (χ0n) is 11.7. The van der Waals surface area contributed by atoms with Crippen molar-refractivity contribution >= 4 is 0 Å². The average molecular weight is 246 g/mol. The van der Waals surface area contributed by atoms with Gasteiger partial charge >= 0.3 is 0 Å². The van der Waals surface area contributed by atoms with Crippen molar-refractivity contribution in [1.82, 2.24) is 5.32 Å². The molecule has 0 aliphatic heterocycles. The van der Waals surface area contributed by atoms with Crippen molar-refractivity contribution in [3.05, 3.63) is 29.8 Å². The van der Waals surface area contributed by atoms with Gasteiger partial charge in [0.25, 0.3) is 0 Å². The van der Waals surface area contributed by atoms with Crippen LogP contribution in [0.3, 0.4) is 0 Å². The Labute approximate surface area is 110 Å². The van der Waals surface area contributed by atoms with Crippen LogP contribution in [0, 0.1) is 11.3 Å². The third-order valence-corrected chi connectivity index (χ3v) is 2.71. The van der Waals surface area contributed by atoms with Gasteiger partial charge in [-0.2, -0.15) is 5.26 Å². The van der Waals surface area contributed by atoms with Crippen molar-refractivity contribution < 1.29 is 4.74 Å². The molecular formula is C15H22N2O. The highest BCUT2D eigenvalue weighted by Gasteiger charge is 2.25. The maximum atomic E-state index is 9.20. The van der Waals surface area contributed by atoms with E-state index in [0.717, 1.165) is 12.2 Å². The van der Waals surface area contributed by atoms with E-state index < -0.39 is 5.54 Å². The summed E-state index contributed by atoms with van der Waals surface area (Å²) in [6.07, 6.45) is 1.02. The molecule has 0 radical (unpaired) electrons. The van der Waals surface area contributed by atoms with Gasteiger partial charge in [0.15, 0.2) is 0 Å². The minimum atomic E-state index is -0.655. The van der Waals surface area contributed by atoms with Crippen LogP contribution in [0.25, 0.3) is 0 Å². The van der Waals surface area contributed by atoms with Gasteiger partial charge in [-0.25, -0.2) is 0 Å². The molecular weight excluding hydrogens is 224 g/mol. The summed E-state index contributed by atoms with van der Waals surface area (Å²) in [4.78, 5) is 0. The first kappa shape index (κ1) is 14.5. The highest BCUT2D eigenvalue weighted by molar-refractivity contribution is 5.27. The molecule has 0 saturated heterocycles. The third kappa shape index (κ3) is 4.38. The summed E-state index contributed by atoms with van der Waals surface area (Å²) < 4.78 is 5.68. The van der Waals surface area contributed by atoms with Crippen molar-refractivity contribution in [3.8, 4) is 11.8 Å². The Hall–Kier alpha value is -1.53. The molecule has 1 aromatic rings. The molecule has 0 aromatic heterocycles. The van der Waals surface area contributed by atoms with E-state index >= 15 is 0 Å². The Bertz CT molecular complexity index is 405. The van der Waals surface area contributed by atoms with Crippen LogP contribution in [0.5, 0.6) is 5.75 Å². The minimum absolute atomic E-state index is 0.251. The van der Waals surface area contributed by atoms with Crippen LogP contribution in [0.2, 0.25) is 0 Å². The highest BCUT2D eigenvalue weighted by atomic mass is 16.5. The van der Waals surface area contributed by atoms with Gasteiger partial charge in [-0.05, 0) is 44.9 Å². The lowest BCUT2D eigenvalue weighted by molar-refractivity contribution is 0.225. The minimum Gasteiger partial charge on any atom is -0.491 e. The molecule has 18 heavy (non-hydrogen) atoms. The van der Waals surface area contributed by atoms with Gasteiger partial charge < -0.3 is 4.74 Å². The summed E-state index contributed by atoms with van der Waals surface area (Å²) in [6.45, 7) is 8.35. The largest absolute Gasteiger partial charge is 0.491 e. The number of nitrogens with one attached hydrogen (secondary N) is 1. The molecule has 1 unspecified atom stereocenters. The van der Waals surface area contributed by atoms with Crippen molar-refractivity contribution in [2.75, 3.05) is 6.61 Å². The van der Waals surface area contributed by atoms with Gasteiger partial charge in [0.1, 0.15) is 17.9 Å². The lowest BCUT2D eigenvalue weighted by atomic mass is 10.1. The molecule has 0 aliphatic carbocycles. The summed E-state index contributed by atoms with van der Waals surface area (Å²) in [7, 11) is 0. The van der Waals surface area contributed by atoms with Crippen LogP contribution in [0.15, 0.2) is 24.3 Å². The van der Waals surface area contributed by atoms with E-state index in [-0.39, 0.29) is 6.04 Å². The van der Waals surface area contributed by atoms with Gasteiger partial charge in [-0.3, -0.25) is 5.32 Å². The fraction of sp³-hybridized carbons (Fsp3) is 0.533. The predicted molar refractivity (Wildman–Crippen MR) is 73.6 cm³/mol. The topological polar surface area (TPSA) is 45.0 Å². The first-order valence-corrected chi connectivity index (χ1v) is 6.40. The van der Waals surface area contributed by atoms with E-state index in [4.69, 9.17) is 4.74 Å². The van der Waals surface area contributed by atoms with Gasteiger partial charge in [0, 0.05) is 6.04 Å². The molecule has 0 amide bonds. The van der Waals surface area contributed by atoms with Crippen LogP contribution < -0.4 is 10.1 Å².